The summed E-state index contributed by atoms with van der Waals surface area (Å²) >= 11 is 0. The van der Waals surface area contributed by atoms with Gasteiger partial charge in [0.1, 0.15) is 0 Å². The molecular weight excluding hydrogens is 222 g/mol. The van der Waals surface area contributed by atoms with Crippen LogP contribution in [0.4, 0.5) is 0 Å². The van der Waals surface area contributed by atoms with E-state index in [0.29, 0.717) is 6.61 Å². The molecule has 1 aliphatic rings. The molecule has 0 bridgehead atoms. The molecule has 0 radical (unpaired) electrons. The van der Waals surface area contributed by atoms with E-state index in [1.807, 2.05) is 4.90 Å². The summed E-state index contributed by atoms with van der Waals surface area (Å²) in [6.45, 7) is 1.50. The number of nitrogens with two attached hydrogens (primary N) is 1. The molecule has 3 N–H and O–H groups in total. The minimum atomic E-state index is -0.410. The van der Waals surface area contributed by atoms with Crippen molar-refractivity contribution >= 4 is 11.8 Å². The van der Waals surface area contributed by atoms with Crippen molar-refractivity contribution in [3.63, 3.8) is 0 Å². The van der Waals surface area contributed by atoms with Crippen LogP contribution >= 0.6 is 0 Å². The summed E-state index contributed by atoms with van der Waals surface area (Å²) in [6, 6.07) is 0. The number of likely N-dealkylation sites (N-methyl/N-ethyl adjacent to an activating group) is 1. The van der Waals surface area contributed by atoms with Gasteiger partial charge >= 0.3 is 0 Å². The SMILES string of the molecule is CNC(=O)CN1CCC[C@]1(COC)CC(N)=O. The third-order valence-electron chi connectivity index (χ3n) is 3.27. The van der Waals surface area contributed by atoms with Gasteiger partial charge in [0.15, 0.2) is 0 Å². The molecular formula is C11H21N3O3. The van der Waals surface area contributed by atoms with E-state index < -0.39 is 5.54 Å². The van der Waals surface area contributed by atoms with E-state index in [9.17, 15) is 9.59 Å². The molecule has 6 nitrogen and oxygen atoms in total. The molecule has 1 aliphatic heterocycles. The number of rotatable bonds is 6. The lowest BCUT2D eigenvalue weighted by Crippen LogP contribution is -2.52. The number of nitrogens with one attached hydrogen (secondary N) is 1. The zero-order valence-electron chi connectivity index (χ0n) is 10.5. The van der Waals surface area contributed by atoms with E-state index >= 15 is 0 Å². The highest BCUT2D eigenvalue weighted by atomic mass is 16.5. The molecule has 0 saturated carbocycles. The summed E-state index contributed by atoms with van der Waals surface area (Å²) in [6.07, 6.45) is 2.02. The second kappa shape index (κ2) is 5.97. The van der Waals surface area contributed by atoms with Gasteiger partial charge in [-0.05, 0) is 19.4 Å². The summed E-state index contributed by atoms with van der Waals surface area (Å²) < 4.78 is 5.19. The molecule has 0 aromatic carbocycles. The number of carbonyl (C=O) groups is 2. The third-order valence-corrected chi connectivity index (χ3v) is 3.27. The summed E-state index contributed by atoms with van der Waals surface area (Å²) in [7, 11) is 3.20. The van der Waals surface area contributed by atoms with Gasteiger partial charge in [-0.25, -0.2) is 0 Å². The fourth-order valence-corrected chi connectivity index (χ4v) is 2.50. The van der Waals surface area contributed by atoms with Crippen molar-refractivity contribution in [2.24, 2.45) is 5.73 Å². The predicted molar refractivity (Wildman–Crippen MR) is 63.3 cm³/mol. The van der Waals surface area contributed by atoms with E-state index in [4.69, 9.17) is 10.5 Å². The molecule has 1 saturated heterocycles. The van der Waals surface area contributed by atoms with Crippen molar-refractivity contribution in [2.75, 3.05) is 33.9 Å². The monoisotopic (exact) mass is 243 g/mol. The minimum absolute atomic E-state index is 0.0585. The van der Waals surface area contributed by atoms with Gasteiger partial charge in [-0.15, -0.1) is 0 Å². The Morgan fingerprint density at radius 3 is 2.76 bits per heavy atom. The number of amides is 2. The van der Waals surface area contributed by atoms with Crippen LogP contribution in [0.3, 0.4) is 0 Å². The number of carbonyl (C=O) groups excluding carboxylic acids is 2. The van der Waals surface area contributed by atoms with E-state index in [1.165, 1.54) is 0 Å². The number of primary amides is 1. The van der Waals surface area contributed by atoms with Gasteiger partial charge in [-0.2, -0.15) is 0 Å². The Morgan fingerprint density at radius 1 is 1.53 bits per heavy atom. The Labute approximate surface area is 101 Å². The van der Waals surface area contributed by atoms with Crippen molar-refractivity contribution < 1.29 is 14.3 Å². The highest BCUT2D eigenvalue weighted by molar-refractivity contribution is 5.78. The quantitative estimate of drug-likeness (QED) is 0.632. The van der Waals surface area contributed by atoms with Gasteiger partial charge in [0.2, 0.25) is 11.8 Å². The Balaban J connectivity index is 2.77. The van der Waals surface area contributed by atoms with Gasteiger partial charge in [-0.1, -0.05) is 0 Å². The molecule has 17 heavy (non-hydrogen) atoms. The standard InChI is InChI=1S/C11H21N3O3/c1-13-10(16)7-14-5-3-4-11(14,8-17-2)6-9(12)15/h3-8H2,1-2H3,(H2,12,15)(H,13,16)/t11-/m1/s1. The van der Waals surface area contributed by atoms with E-state index in [2.05, 4.69) is 5.32 Å². The molecule has 0 spiro atoms. The first-order chi connectivity index (χ1) is 8.04. The van der Waals surface area contributed by atoms with Crippen LogP contribution in [0.25, 0.3) is 0 Å². The van der Waals surface area contributed by atoms with Crippen molar-refractivity contribution in [1.82, 2.24) is 10.2 Å². The number of hydrogen-bond acceptors (Lipinski definition) is 4. The lowest BCUT2D eigenvalue weighted by molar-refractivity contribution is -0.127. The summed E-state index contributed by atoms with van der Waals surface area (Å²) in [4.78, 5) is 24.6. The van der Waals surface area contributed by atoms with Crippen LogP contribution < -0.4 is 11.1 Å². The van der Waals surface area contributed by atoms with Crippen molar-refractivity contribution in [1.29, 1.82) is 0 Å². The summed E-state index contributed by atoms with van der Waals surface area (Å²) in [5, 5.41) is 2.59. The zero-order chi connectivity index (χ0) is 12.9. The van der Waals surface area contributed by atoms with Crippen LogP contribution in [-0.2, 0) is 14.3 Å². The van der Waals surface area contributed by atoms with Crippen LogP contribution in [0, 0.1) is 0 Å². The zero-order valence-corrected chi connectivity index (χ0v) is 10.5. The van der Waals surface area contributed by atoms with Gasteiger partial charge in [0.05, 0.1) is 18.7 Å². The summed E-state index contributed by atoms with van der Waals surface area (Å²) in [5.74, 6) is -0.414. The number of ether oxygens (including phenoxy) is 1. The average Bonchev–Trinajstić information content (AvgIpc) is 2.61. The second-order valence-corrected chi connectivity index (χ2v) is 4.50. The maximum atomic E-state index is 11.4. The average molecular weight is 243 g/mol. The van der Waals surface area contributed by atoms with Crippen LogP contribution in [0.1, 0.15) is 19.3 Å². The lowest BCUT2D eigenvalue weighted by Gasteiger charge is -2.36. The highest BCUT2D eigenvalue weighted by Gasteiger charge is 2.42. The Morgan fingerprint density at radius 2 is 2.24 bits per heavy atom. The first-order valence-corrected chi connectivity index (χ1v) is 5.77. The lowest BCUT2D eigenvalue weighted by atomic mass is 9.92. The smallest absolute Gasteiger partial charge is 0.233 e. The van der Waals surface area contributed by atoms with Crippen LogP contribution in [0.2, 0.25) is 0 Å². The Kier molecular flexibility index (Phi) is 4.89. The molecule has 0 aromatic heterocycles. The van der Waals surface area contributed by atoms with Crippen LogP contribution in [-0.4, -0.2) is 56.1 Å². The van der Waals surface area contributed by atoms with Gasteiger partial charge in [0.25, 0.3) is 0 Å². The molecule has 0 unspecified atom stereocenters. The second-order valence-electron chi connectivity index (χ2n) is 4.50. The molecule has 1 fully saturated rings. The fraction of sp³-hybridized carbons (Fsp3) is 0.818. The topological polar surface area (TPSA) is 84.7 Å². The maximum Gasteiger partial charge on any atom is 0.233 e. The molecule has 1 rings (SSSR count). The van der Waals surface area contributed by atoms with Crippen molar-refractivity contribution in [3.8, 4) is 0 Å². The number of likely N-dealkylation sites (tertiary alicyclic amines) is 1. The molecule has 1 atom stereocenters. The van der Waals surface area contributed by atoms with Gasteiger partial charge in [-0.3, -0.25) is 14.5 Å². The Hall–Kier alpha value is -1.14. The largest absolute Gasteiger partial charge is 0.383 e. The Bertz CT molecular complexity index is 296. The molecule has 0 aromatic rings. The van der Waals surface area contributed by atoms with Crippen molar-refractivity contribution in [3.05, 3.63) is 0 Å². The molecule has 0 aliphatic carbocycles. The summed E-state index contributed by atoms with van der Waals surface area (Å²) in [5.41, 5.74) is 4.88. The molecule has 98 valence electrons. The van der Waals surface area contributed by atoms with E-state index in [0.717, 1.165) is 19.4 Å². The minimum Gasteiger partial charge on any atom is -0.383 e. The van der Waals surface area contributed by atoms with Gasteiger partial charge < -0.3 is 15.8 Å². The normalized spacial score (nSPS) is 24.8. The maximum absolute atomic E-state index is 11.4. The number of hydrogen-bond donors (Lipinski definition) is 2. The fourth-order valence-electron chi connectivity index (χ4n) is 2.50. The van der Waals surface area contributed by atoms with E-state index in [-0.39, 0.29) is 24.8 Å². The third kappa shape index (κ3) is 3.41. The highest BCUT2D eigenvalue weighted by Crippen LogP contribution is 2.32. The number of nitrogens with zero attached hydrogens (tertiary/aromatic N) is 1. The first-order valence-electron chi connectivity index (χ1n) is 5.77. The molecule has 1 heterocycles. The van der Waals surface area contributed by atoms with Crippen LogP contribution in [0.5, 0.6) is 0 Å². The van der Waals surface area contributed by atoms with E-state index in [1.54, 1.807) is 14.2 Å². The predicted octanol–water partition coefficient (Wildman–Crippen LogP) is -0.911. The van der Waals surface area contributed by atoms with Crippen molar-refractivity contribution in [2.45, 2.75) is 24.8 Å². The molecule has 2 amide bonds. The molecule has 6 heteroatoms. The first kappa shape index (κ1) is 13.9. The number of methoxy groups -OCH3 is 1. The van der Waals surface area contributed by atoms with Gasteiger partial charge in [0, 0.05) is 20.6 Å². The van der Waals surface area contributed by atoms with Crippen LogP contribution in [0.15, 0.2) is 0 Å².